The molecule has 2 aliphatic rings. The van der Waals surface area contributed by atoms with E-state index in [9.17, 15) is 9.90 Å². The molecular formula is C25H29N3O3. The topological polar surface area (TPSA) is 78.5 Å². The zero-order chi connectivity index (χ0) is 21.5. The van der Waals surface area contributed by atoms with Gasteiger partial charge in [0, 0.05) is 41.4 Å². The van der Waals surface area contributed by atoms with E-state index < -0.39 is 5.97 Å². The Kier molecular flexibility index (Phi) is 5.18. The van der Waals surface area contributed by atoms with Crippen LogP contribution in [0.5, 0.6) is 5.75 Å². The third-order valence-corrected chi connectivity index (χ3v) is 7.13. The number of carboxylic acids is 1. The minimum Gasteiger partial charge on any atom is -0.496 e. The minimum absolute atomic E-state index is 0.0964. The van der Waals surface area contributed by atoms with Gasteiger partial charge in [0.2, 0.25) is 0 Å². The summed E-state index contributed by atoms with van der Waals surface area (Å²) in [5.41, 5.74) is 4.74. The lowest BCUT2D eigenvalue weighted by Gasteiger charge is -2.40. The van der Waals surface area contributed by atoms with Crippen LogP contribution in [-0.2, 0) is 6.54 Å². The zero-order valence-electron chi connectivity index (χ0n) is 18.1. The Morgan fingerprint density at radius 3 is 2.77 bits per heavy atom. The molecule has 2 N–H and O–H groups in total. The van der Waals surface area contributed by atoms with Crippen LogP contribution in [0.15, 0.2) is 36.7 Å². The maximum absolute atomic E-state index is 11.3. The molecule has 2 aromatic heterocycles. The Labute approximate surface area is 182 Å². The van der Waals surface area contributed by atoms with E-state index in [0.717, 1.165) is 48.2 Å². The molecule has 1 aliphatic carbocycles. The second-order valence-corrected chi connectivity index (χ2v) is 9.03. The average Bonchev–Trinajstić information content (AvgIpc) is 3.51. The van der Waals surface area contributed by atoms with Crippen LogP contribution in [-0.4, -0.2) is 39.6 Å². The van der Waals surface area contributed by atoms with Gasteiger partial charge >= 0.3 is 5.97 Å². The van der Waals surface area contributed by atoms with Crippen LogP contribution in [0.3, 0.4) is 0 Å². The Bertz CT molecular complexity index is 1100. The van der Waals surface area contributed by atoms with Gasteiger partial charge in [-0.2, -0.15) is 0 Å². The number of ether oxygens (including phenoxy) is 1. The molecule has 6 heteroatoms. The number of piperidine rings is 1. The number of aromatic nitrogens is 2. The predicted molar refractivity (Wildman–Crippen MR) is 119 cm³/mol. The number of methoxy groups -OCH3 is 1. The fourth-order valence-corrected chi connectivity index (χ4v) is 5.29. The second kappa shape index (κ2) is 8.00. The lowest BCUT2D eigenvalue weighted by atomic mass is 9.84. The van der Waals surface area contributed by atoms with Crippen LogP contribution in [0.1, 0.15) is 58.9 Å². The number of aromatic amines is 1. The first-order chi connectivity index (χ1) is 15.0. The van der Waals surface area contributed by atoms with Crippen molar-refractivity contribution in [3.63, 3.8) is 0 Å². The largest absolute Gasteiger partial charge is 0.496 e. The number of nitrogens with one attached hydrogen (secondary N) is 1. The highest BCUT2D eigenvalue weighted by Gasteiger charge is 2.38. The van der Waals surface area contributed by atoms with Crippen molar-refractivity contribution in [3.05, 3.63) is 59.0 Å². The first-order valence-corrected chi connectivity index (χ1v) is 11.1. The highest BCUT2D eigenvalue weighted by Crippen LogP contribution is 2.47. The normalized spacial score (nSPS) is 22.0. The maximum Gasteiger partial charge on any atom is 0.354 e. The molecule has 0 spiro atoms. The number of hydrogen-bond donors (Lipinski definition) is 2. The van der Waals surface area contributed by atoms with Gasteiger partial charge in [-0.3, -0.25) is 4.90 Å². The lowest BCUT2D eigenvalue weighted by molar-refractivity contribution is 0.0689. The van der Waals surface area contributed by atoms with Crippen molar-refractivity contribution in [1.82, 2.24) is 14.9 Å². The summed E-state index contributed by atoms with van der Waals surface area (Å²) in [4.78, 5) is 21.4. The van der Waals surface area contributed by atoms with Gasteiger partial charge in [-0.1, -0.05) is 6.07 Å². The van der Waals surface area contributed by atoms with Crippen LogP contribution < -0.4 is 4.74 Å². The molecule has 3 aromatic rings. The molecule has 1 aromatic carbocycles. The summed E-state index contributed by atoms with van der Waals surface area (Å²) in [5.74, 6) is 1.54. The summed E-state index contributed by atoms with van der Waals surface area (Å²) >= 11 is 0. The molecule has 3 heterocycles. The lowest BCUT2D eigenvalue weighted by Crippen LogP contribution is -2.37. The van der Waals surface area contributed by atoms with Gasteiger partial charge < -0.3 is 14.8 Å². The summed E-state index contributed by atoms with van der Waals surface area (Å²) in [7, 11) is 1.74. The fraction of sp³-hybridized carbons (Fsp3) is 0.440. The number of pyridine rings is 1. The number of carbonyl (C=O) groups is 1. The molecule has 1 saturated heterocycles. The van der Waals surface area contributed by atoms with E-state index in [1.54, 1.807) is 19.4 Å². The van der Waals surface area contributed by atoms with Crippen LogP contribution in [0, 0.1) is 18.8 Å². The number of H-pyrrole nitrogens is 1. The van der Waals surface area contributed by atoms with Crippen LogP contribution in [0.25, 0.3) is 10.9 Å². The van der Waals surface area contributed by atoms with E-state index >= 15 is 0 Å². The Hall–Kier alpha value is -2.86. The molecule has 5 rings (SSSR count). The van der Waals surface area contributed by atoms with E-state index in [1.807, 2.05) is 12.3 Å². The fourth-order valence-electron chi connectivity index (χ4n) is 5.29. The van der Waals surface area contributed by atoms with Gasteiger partial charge in [0.1, 0.15) is 11.4 Å². The second-order valence-electron chi connectivity index (χ2n) is 9.03. The quantitative estimate of drug-likeness (QED) is 0.592. The minimum atomic E-state index is -0.984. The number of carboxylic acid groups (broad SMARTS) is 1. The number of aryl methyl sites for hydroxylation is 1. The van der Waals surface area contributed by atoms with Gasteiger partial charge in [0.05, 0.1) is 7.11 Å². The summed E-state index contributed by atoms with van der Waals surface area (Å²) in [6.45, 7) is 3.92. The smallest absolute Gasteiger partial charge is 0.354 e. The van der Waals surface area contributed by atoms with Gasteiger partial charge in [-0.15, -0.1) is 0 Å². The molecule has 0 bridgehead atoms. The summed E-state index contributed by atoms with van der Waals surface area (Å²) in [6, 6.07) is 8.06. The molecule has 0 radical (unpaired) electrons. The molecule has 1 saturated carbocycles. The highest BCUT2D eigenvalue weighted by atomic mass is 16.5. The number of benzene rings is 1. The van der Waals surface area contributed by atoms with Crippen LogP contribution in [0.2, 0.25) is 0 Å². The molecule has 1 unspecified atom stereocenters. The molecule has 2 fully saturated rings. The summed E-state index contributed by atoms with van der Waals surface area (Å²) in [5, 5.41) is 10.4. The van der Waals surface area contributed by atoms with Crippen molar-refractivity contribution >= 4 is 16.9 Å². The number of fused-ring (bicyclic) bond motifs is 1. The molecule has 6 nitrogen and oxygen atoms in total. The third-order valence-electron chi connectivity index (χ3n) is 7.13. The van der Waals surface area contributed by atoms with Crippen molar-refractivity contribution in [3.8, 4) is 5.75 Å². The highest BCUT2D eigenvalue weighted by molar-refractivity contribution is 5.88. The maximum atomic E-state index is 11.3. The number of hydrogen-bond acceptors (Lipinski definition) is 4. The summed E-state index contributed by atoms with van der Waals surface area (Å²) < 4.78 is 5.78. The van der Waals surface area contributed by atoms with E-state index in [1.165, 1.54) is 35.8 Å². The summed E-state index contributed by atoms with van der Waals surface area (Å²) in [6.07, 6.45) is 8.77. The molecule has 162 valence electrons. The number of aromatic carboxylic acids is 1. The third kappa shape index (κ3) is 3.81. The van der Waals surface area contributed by atoms with Crippen molar-refractivity contribution < 1.29 is 14.6 Å². The monoisotopic (exact) mass is 419 g/mol. The van der Waals surface area contributed by atoms with Crippen molar-refractivity contribution in [2.24, 2.45) is 11.8 Å². The van der Waals surface area contributed by atoms with Crippen molar-refractivity contribution in [2.75, 3.05) is 13.7 Å². The van der Waals surface area contributed by atoms with Crippen molar-refractivity contribution in [1.29, 1.82) is 0 Å². The first-order valence-electron chi connectivity index (χ1n) is 11.1. The molecular weight excluding hydrogens is 390 g/mol. The Balaban J connectivity index is 1.49. The van der Waals surface area contributed by atoms with E-state index in [0.29, 0.717) is 0 Å². The Morgan fingerprint density at radius 2 is 2.10 bits per heavy atom. The van der Waals surface area contributed by atoms with Crippen LogP contribution >= 0.6 is 0 Å². The molecule has 31 heavy (non-hydrogen) atoms. The van der Waals surface area contributed by atoms with Gasteiger partial charge in [0.15, 0.2) is 0 Å². The zero-order valence-corrected chi connectivity index (χ0v) is 18.1. The van der Waals surface area contributed by atoms with Gasteiger partial charge in [-0.05, 0) is 80.3 Å². The van der Waals surface area contributed by atoms with Crippen LogP contribution in [0.4, 0.5) is 0 Å². The average molecular weight is 420 g/mol. The van der Waals surface area contributed by atoms with Gasteiger partial charge in [-0.25, -0.2) is 9.78 Å². The number of rotatable bonds is 6. The number of nitrogens with zero attached hydrogens (tertiary/aromatic N) is 2. The first kappa shape index (κ1) is 20.1. The Morgan fingerprint density at radius 1 is 1.26 bits per heavy atom. The molecule has 2 atom stereocenters. The molecule has 0 amide bonds. The van der Waals surface area contributed by atoms with Gasteiger partial charge in [0.25, 0.3) is 0 Å². The van der Waals surface area contributed by atoms with E-state index in [2.05, 4.69) is 33.9 Å². The van der Waals surface area contributed by atoms with Crippen molar-refractivity contribution in [2.45, 2.75) is 45.2 Å². The van der Waals surface area contributed by atoms with E-state index in [-0.39, 0.29) is 11.7 Å². The standard InChI is InChI=1S/C25H29N3O3/c1-15-11-23(31-2)20(19-7-9-26-24(15)19)14-28-10-8-17(16-3-4-16)12-22(28)18-5-6-21(25(29)30)27-13-18/h5-7,9,11,13,16-17,22,26H,3-4,8,10,12,14H2,1-2H3,(H,29,30)/t17?,22-/m0/s1. The number of likely N-dealkylation sites (tertiary alicyclic amines) is 1. The van der Waals surface area contributed by atoms with E-state index in [4.69, 9.17) is 4.74 Å². The predicted octanol–water partition coefficient (Wildman–Crippen LogP) is 4.94. The SMILES string of the molecule is COc1cc(C)c2[nH]ccc2c1CN1CCC(C2CC2)C[C@H]1c1ccc(C(=O)O)nc1. The molecule has 1 aliphatic heterocycles.